The summed E-state index contributed by atoms with van der Waals surface area (Å²) >= 11 is 0. The van der Waals surface area contributed by atoms with E-state index in [-0.39, 0.29) is 11.8 Å². The Hall–Kier alpha value is -1.20. The standard InChI is InChI=1S/C16H26F2N2O/c1-4-10-20(5-2)11-9-19-13(3)14-7-6-8-15(12-14)21-16(17)18/h6-8,12-13,16,19H,4-5,9-11H2,1-3H3. The molecule has 0 amide bonds. The van der Waals surface area contributed by atoms with Gasteiger partial charge in [0, 0.05) is 19.1 Å². The van der Waals surface area contributed by atoms with E-state index in [0.29, 0.717) is 0 Å². The Morgan fingerprint density at radius 1 is 1.24 bits per heavy atom. The summed E-state index contributed by atoms with van der Waals surface area (Å²) in [5.41, 5.74) is 0.951. The van der Waals surface area contributed by atoms with E-state index in [1.54, 1.807) is 18.2 Å². The zero-order valence-electron chi connectivity index (χ0n) is 13.1. The van der Waals surface area contributed by atoms with Crippen LogP contribution >= 0.6 is 0 Å². The average molecular weight is 300 g/mol. The monoisotopic (exact) mass is 300 g/mol. The van der Waals surface area contributed by atoms with Crippen LogP contribution in [-0.4, -0.2) is 37.7 Å². The van der Waals surface area contributed by atoms with Gasteiger partial charge in [0.25, 0.3) is 0 Å². The van der Waals surface area contributed by atoms with E-state index in [1.807, 2.05) is 13.0 Å². The maximum atomic E-state index is 12.2. The molecule has 1 N–H and O–H groups in total. The third-order valence-corrected chi connectivity index (χ3v) is 3.45. The molecule has 1 rings (SSSR count). The molecule has 3 nitrogen and oxygen atoms in total. The number of nitrogens with zero attached hydrogens (tertiary/aromatic N) is 1. The minimum absolute atomic E-state index is 0.103. The topological polar surface area (TPSA) is 24.5 Å². The Morgan fingerprint density at radius 3 is 2.62 bits per heavy atom. The van der Waals surface area contributed by atoms with Crippen molar-refractivity contribution >= 4 is 0 Å². The highest BCUT2D eigenvalue weighted by molar-refractivity contribution is 5.30. The Labute approximate surface area is 126 Å². The third kappa shape index (κ3) is 6.87. The summed E-state index contributed by atoms with van der Waals surface area (Å²) in [7, 11) is 0. The first kappa shape index (κ1) is 17.9. The quantitative estimate of drug-likeness (QED) is 0.713. The summed E-state index contributed by atoms with van der Waals surface area (Å²) in [4.78, 5) is 2.38. The van der Waals surface area contributed by atoms with E-state index in [4.69, 9.17) is 0 Å². The molecule has 0 bridgehead atoms. The highest BCUT2D eigenvalue weighted by Crippen LogP contribution is 2.20. The van der Waals surface area contributed by atoms with E-state index in [1.165, 1.54) is 0 Å². The lowest BCUT2D eigenvalue weighted by molar-refractivity contribution is -0.0499. The fraction of sp³-hybridized carbons (Fsp3) is 0.625. The SMILES string of the molecule is CCCN(CC)CCNC(C)c1cccc(OC(F)F)c1. The summed E-state index contributed by atoms with van der Waals surface area (Å²) in [6.45, 7) is 7.58. The fourth-order valence-electron chi connectivity index (χ4n) is 2.26. The molecule has 0 saturated heterocycles. The normalized spacial score (nSPS) is 12.9. The molecule has 1 atom stereocenters. The van der Waals surface area contributed by atoms with Crippen LogP contribution in [0.3, 0.4) is 0 Å². The van der Waals surface area contributed by atoms with Gasteiger partial charge in [-0.25, -0.2) is 0 Å². The highest BCUT2D eigenvalue weighted by atomic mass is 19.3. The molecular weight excluding hydrogens is 274 g/mol. The maximum Gasteiger partial charge on any atom is 0.387 e. The number of alkyl halides is 2. The number of likely N-dealkylation sites (N-methyl/N-ethyl adjacent to an activating group) is 1. The Balaban J connectivity index is 2.46. The van der Waals surface area contributed by atoms with Crippen LogP contribution in [0.4, 0.5) is 8.78 Å². The van der Waals surface area contributed by atoms with Crippen molar-refractivity contribution in [3.05, 3.63) is 29.8 Å². The first-order valence-electron chi connectivity index (χ1n) is 7.57. The van der Waals surface area contributed by atoms with Crippen LogP contribution in [0.1, 0.15) is 38.8 Å². The summed E-state index contributed by atoms with van der Waals surface area (Å²) < 4.78 is 28.9. The predicted molar refractivity (Wildman–Crippen MR) is 81.9 cm³/mol. The van der Waals surface area contributed by atoms with Gasteiger partial charge in [0.2, 0.25) is 0 Å². The summed E-state index contributed by atoms with van der Waals surface area (Å²) in [6, 6.07) is 6.96. The molecule has 1 unspecified atom stereocenters. The number of rotatable bonds is 10. The number of hydrogen-bond acceptors (Lipinski definition) is 3. The molecule has 0 heterocycles. The number of benzene rings is 1. The Kier molecular flexibility index (Phi) is 8.23. The first-order chi connectivity index (χ1) is 10.1. The highest BCUT2D eigenvalue weighted by Gasteiger charge is 2.09. The van der Waals surface area contributed by atoms with Crippen LogP contribution < -0.4 is 10.1 Å². The summed E-state index contributed by atoms with van der Waals surface area (Å²) in [5, 5.41) is 3.42. The van der Waals surface area contributed by atoms with Gasteiger partial charge < -0.3 is 15.0 Å². The smallest absolute Gasteiger partial charge is 0.387 e. The van der Waals surface area contributed by atoms with Crippen molar-refractivity contribution in [2.24, 2.45) is 0 Å². The van der Waals surface area contributed by atoms with E-state index >= 15 is 0 Å². The molecule has 0 aliphatic rings. The van der Waals surface area contributed by atoms with Crippen LogP contribution in [0.25, 0.3) is 0 Å². The lowest BCUT2D eigenvalue weighted by Crippen LogP contribution is -2.33. The van der Waals surface area contributed by atoms with Crippen molar-refractivity contribution in [2.75, 3.05) is 26.2 Å². The third-order valence-electron chi connectivity index (χ3n) is 3.45. The number of nitrogens with one attached hydrogen (secondary N) is 1. The molecule has 0 radical (unpaired) electrons. The second-order valence-electron chi connectivity index (χ2n) is 5.06. The van der Waals surface area contributed by atoms with Gasteiger partial charge in [0.15, 0.2) is 0 Å². The van der Waals surface area contributed by atoms with Crippen LogP contribution in [0, 0.1) is 0 Å². The van der Waals surface area contributed by atoms with Crippen LogP contribution in [0.2, 0.25) is 0 Å². The molecule has 0 fully saturated rings. The van der Waals surface area contributed by atoms with Gasteiger partial charge in [-0.1, -0.05) is 26.0 Å². The van der Waals surface area contributed by atoms with Crippen LogP contribution in [-0.2, 0) is 0 Å². The van der Waals surface area contributed by atoms with E-state index in [0.717, 1.165) is 38.2 Å². The largest absolute Gasteiger partial charge is 0.435 e. The van der Waals surface area contributed by atoms with Crippen molar-refractivity contribution in [1.82, 2.24) is 10.2 Å². The van der Waals surface area contributed by atoms with Crippen molar-refractivity contribution in [2.45, 2.75) is 39.8 Å². The molecular formula is C16H26F2N2O. The Morgan fingerprint density at radius 2 is 2.00 bits per heavy atom. The van der Waals surface area contributed by atoms with Crippen molar-refractivity contribution in [1.29, 1.82) is 0 Å². The predicted octanol–water partition coefficient (Wildman–Crippen LogP) is 3.67. The maximum absolute atomic E-state index is 12.2. The van der Waals surface area contributed by atoms with Gasteiger partial charge in [0.05, 0.1) is 0 Å². The fourth-order valence-corrected chi connectivity index (χ4v) is 2.26. The minimum atomic E-state index is -2.78. The second-order valence-corrected chi connectivity index (χ2v) is 5.06. The molecule has 1 aromatic rings. The van der Waals surface area contributed by atoms with Crippen molar-refractivity contribution in [3.8, 4) is 5.75 Å². The molecule has 0 aromatic heterocycles. The molecule has 0 saturated carbocycles. The zero-order valence-corrected chi connectivity index (χ0v) is 13.1. The van der Waals surface area contributed by atoms with Gasteiger partial charge >= 0.3 is 6.61 Å². The number of ether oxygens (including phenoxy) is 1. The van der Waals surface area contributed by atoms with E-state index in [2.05, 4.69) is 28.8 Å². The molecule has 0 spiro atoms. The average Bonchev–Trinajstić information content (AvgIpc) is 2.45. The van der Waals surface area contributed by atoms with Gasteiger partial charge in [-0.3, -0.25) is 0 Å². The summed E-state index contributed by atoms with van der Waals surface area (Å²) in [6.07, 6.45) is 1.15. The number of hydrogen-bond donors (Lipinski definition) is 1. The van der Waals surface area contributed by atoms with Gasteiger partial charge in [-0.15, -0.1) is 0 Å². The van der Waals surface area contributed by atoms with Crippen molar-refractivity contribution < 1.29 is 13.5 Å². The molecule has 5 heteroatoms. The molecule has 120 valence electrons. The zero-order chi connectivity index (χ0) is 15.7. The van der Waals surface area contributed by atoms with Crippen LogP contribution in [0.15, 0.2) is 24.3 Å². The van der Waals surface area contributed by atoms with Gasteiger partial charge in [-0.05, 0) is 44.1 Å². The van der Waals surface area contributed by atoms with Gasteiger partial charge in [0.1, 0.15) is 5.75 Å². The molecule has 0 aliphatic carbocycles. The molecule has 21 heavy (non-hydrogen) atoms. The molecule has 0 aliphatic heterocycles. The Bertz CT molecular complexity index is 402. The number of halogens is 2. The molecule has 1 aromatic carbocycles. The van der Waals surface area contributed by atoms with E-state index < -0.39 is 6.61 Å². The lowest BCUT2D eigenvalue weighted by atomic mass is 10.1. The van der Waals surface area contributed by atoms with Gasteiger partial charge in [-0.2, -0.15) is 8.78 Å². The van der Waals surface area contributed by atoms with Crippen molar-refractivity contribution in [3.63, 3.8) is 0 Å². The lowest BCUT2D eigenvalue weighted by Gasteiger charge is -2.21. The summed E-state index contributed by atoms with van der Waals surface area (Å²) in [5.74, 6) is 0.206. The second kappa shape index (κ2) is 9.68. The van der Waals surface area contributed by atoms with E-state index in [9.17, 15) is 8.78 Å². The first-order valence-corrected chi connectivity index (χ1v) is 7.57. The van der Waals surface area contributed by atoms with Crippen LogP contribution in [0.5, 0.6) is 5.75 Å². The minimum Gasteiger partial charge on any atom is -0.435 e.